The van der Waals surface area contributed by atoms with Gasteiger partial charge >= 0.3 is 6.61 Å². The first-order valence-corrected chi connectivity index (χ1v) is 8.62. The molecule has 0 amide bonds. The average Bonchev–Trinajstić information content (AvgIpc) is 3.02. The molecule has 8 heteroatoms. The zero-order valence-electron chi connectivity index (χ0n) is 15.1. The molecule has 0 saturated carbocycles. The maximum absolute atomic E-state index is 12.5. The summed E-state index contributed by atoms with van der Waals surface area (Å²) in [6, 6.07) is 6.68. The highest BCUT2D eigenvalue weighted by Gasteiger charge is 2.09. The second-order valence-corrected chi connectivity index (χ2v) is 5.74. The fraction of sp³-hybridized carbons (Fsp3) is 0.444. The highest BCUT2D eigenvalue weighted by Crippen LogP contribution is 2.20. The monoisotopic (exact) mass is 365 g/mol. The van der Waals surface area contributed by atoms with Gasteiger partial charge in [0.15, 0.2) is 5.96 Å². The van der Waals surface area contributed by atoms with Crippen molar-refractivity contribution in [1.82, 2.24) is 20.4 Å². The molecule has 0 atom stereocenters. The van der Waals surface area contributed by atoms with Gasteiger partial charge in [0.25, 0.3) is 0 Å². The summed E-state index contributed by atoms with van der Waals surface area (Å²) in [5.74, 6) is 0.784. The molecule has 2 rings (SSSR count). The van der Waals surface area contributed by atoms with E-state index in [0.717, 1.165) is 25.1 Å². The summed E-state index contributed by atoms with van der Waals surface area (Å²) >= 11 is 0. The van der Waals surface area contributed by atoms with Crippen molar-refractivity contribution in [3.63, 3.8) is 0 Å². The number of hydrogen-bond acceptors (Lipinski definition) is 3. The molecule has 2 aromatic rings. The number of aliphatic imine (C=N–C) groups is 1. The number of aromatic nitrogens is 2. The summed E-state index contributed by atoms with van der Waals surface area (Å²) in [5.41, 5.74) is 1.74. The number of halogens is 2. The van der Waals surface area contributed by atoms with Crippen LogP contribution in [0.15, 0.2) is 41.7 Å². The van der Waals surface area contributed by atoms with Crippen LogP contribution in [0.25, 0.3) is 0 Å². The van der Waals surface area contributed by atoms with E-state index in [0.29, 0.717) is 18.1 Å². The second-order valence-electron chi connectivity index (χ2n) is 5.74. The van der Waals surface area contributed by atoms with E-state index < -0.39 is 6.61 Å². The van der Waals surface area contributed by atoms with Crippen LogP contribution in [0.1, 0.15) is 24.5 Å². The number of para-hydroxylation sites is 1. The number of nitrogens with zero attached hydrogens (tertiary/aromatic N) is 3. The third-order valence-electron chi connectivity index (χ3n) is 3.56. The van der Waals surface area contributed by atoms with Crippen molar-refractivity contribution >= 4 is 5.96 Å². The zero-order valence-corrected chi connectivity index (χ0v) is 15.1. The summed E-state index contributed by atoms with van der Waals surface area (Å²) < 4.78 is 31.4. The summed E-state index contributed by atoms with van der Waals surface area (Å²) in [7, 11) is 0. The normalized spacial score (nSPS) is 11.7. The van der Waals surface area contributed by atoms with Gasteiger partial charge in [-0.05, 0) is 31.9 Å². The minimum absolute atomic E-state index is 0.149. The van der Waals surface area contributed by atoms with Crippen molar-refractivity contribution in [2.45, 2.75) is 40.0 Å². The highest BCUT2D eigenvalue weighted by molar-refractivity contribution is 5.79. The van der Waals surface area contributed by atoms with E-state index in [2.05, 4.69) is 25.5 Å². The maximum atomic E-state index is 12.5. The van der Waals surface area contributed by atoms with Crippen molar-refractivity contribution < 1.29 is 13.5 Å². The van der Waals surface area contributed by atoms with Gasteiger partial charge in [0, 0.05) is 31.4 Å². The maximum Gasteiger partial charge on any atom is 0.387 e. The third-order valence-corrected chi connectivity index (χ3v) is 3.56. The van der Waals surface area contributed by atoms with Crippen molar-refractivity contribution in [1.29, 1.82) is 0 Å². The Kier molecular flexibility index (Phi) is 7.85. The number of rotatable bonds is 9. The van der Waals surface area contributed by atoms with Gasteiger partial charge < -0.3 is 15.4 Å². The molecular formula is C18H25F2N5O. The fourth-order valence-corrected chi connectivity index (χ4v) is 2.39. The number of hydrogen-bond donors (Lipinski definition) is 2. The lowest BCUT2D eigenvalue weighted by atomic mass is 10.2. The van der Waals surface area contributed by atoms with Gasteiger partial charge in [-0.15, -0.1) is 0 Å². The molecule has 0 saturated heterocycles. The lowest BCUT2D eigenvalue weighted by Gasteiger charge is -2.12. The van der Waals surface area contributed by atoms with Crippen molar-refractivity contribution in [3.05, 3.63) is 47.8 Å². The molecule has 0 unspecified atom stereocenters. The fourth-order valence-electron chi connectivity index (χ4n) is 2.39. The van der Waals surface area contributed by atoms with Crippen LogP contribution < -0.4 is 15.4 Å². The van der Waals surface area contributed by atoms with Crippen molar-refractivity contribution in [2.24, 2.45) is 4.99 Å². The number of alkyl halides is 2. The predicted molar refractivity (Wildman–Crippen MR) is 97.5 cm³/mol. The van der Waals surface area contributed by atoms with Crippen molar-refractivity contribution in [3.8, 4) is 5.75 Å². The van der Waals surface area contributed by atoms with Gasteiger partial charge in [-0.1, -0.05) is 18.2 Å². The number of benzene rings is 1. The molecule has 6 nitrogen and oxygen atoms in total. The molecular weight excluding hydrogens is 340 g/mol. The Morgan fingerprint density at radius 1 is 1.31 bits per heavy atom. The molecule has 0 aliphatic carbocycles. The lowest BCUT2D eigenvalue weighted by Crippen LogP contribution is -2.38. The average molecular weight is 365 g/mol. The van der Waals surface area contributed by atoms with Crippen molar-refractivity contribution in [2.75, 3.05) is 13.1 Å². The Morgan fingerprint density at radius 3 is 2.81 bits per heavy atom. The van der Waals surface area contributed by atoms with Gasteiger partial charge in [0.05, 0.1) is 12.7 Å². The van der Waals surface area contributed by atoms with Crippen LogP contribution in [0.5, 0.6) is 5.75 Å². The van der Waals surface area contributed by atoms with Crippen LogP contribution in [0, 0.1) is 6.92 Å². The van der Waals surface area contributed by atoms with Crippen LogP contribution in [-0.4, -0.2) is 35.4 Å². The number of ether oxygens (including phenoxy) is 1. The van der Waals surface area contributed by atoms with Gasteiger partial charge in [-0.3, -0.25) is 4.68 Å². The van der Waals surface area contributed by atoms with Crippen LogP contribution in [0.4, 0.5) is 8.78 Å². The molecule has 0 fully saturated rings. The molecule has 0 bridgehead atoms. The summed E-state index contributed by atoms with van der Waals surface area (Å²) in [6.45, 7) is 3.61. The minimum Gasteiger partial charge on any atom is -0.434 e. The van der Waals surface area contributed by atoms with E-state index in [-0.39, 0.29) is 12.3 Å². The largest absolute Gasteiger partial charge is 0.434 e. The Labute approximate surface area is 152 Å². The second kappa shape index (κ2) is 10.4. The molecule has 1 aromatic heterocycles. The molecule has 1 heterocycles. The lowest BCUT2D eigenvalue weighted by molar-refractivity contribution is -0.0504. The Morgan fingerprint density at radius 2 is 2.12 bits per heavy atom. The predicted octanol–water partition coefficient (Wildman–Crippen LogP) is 2.94. The standard InChI is InChI=1S/C18H25F2N5O/c1-3-21-18(22-9-6-10-25-13-14(2)11-24-25)23-12-15-7-4-5-8-16(15)26-17(19)20/h4-5,7-8,11,13,17H,3,6,9-10,12H2,1-2H3,(H2,21,22,23). The SMILES string of the molecule is CCNC(=NCc1ccccc1OC(F)F)NCCCn1cc(C)cn1. The van der Waals surface area contributed by atoms with E-state index in [4.69, 9.17) is 0 Å². The van der Waals surface area contributed by atoms with E-state index in [9.17, 15) is 8.78 Å². The quantitative estimate of drug-likeness (QED) is 0.407. The Bertz CT molecular complexity index is 702. The third kappa shape index (κ3) is 6.70. The number of aryl methyl sites for hydroxylation is 2. The van der Waals surface area contributed by atoms with E-state index in [1.165, 1.54) is 6.07 Å². The Hall–Kier alpha value is -2.64. The highest BCUT2D eigenvalue weighted by atomic mass is 19.3. The van der Waals surface area contributed by atoms with Gasteiger partial charge in [0.1, 0.15) is 5.75 Å². The van der Waals surface area contributed by atoms with E-state index in [1.54, 1.807) is 18.2 Å². The van der Waals surface area contributed by atoms with Gasteiger partial charge in [0.2, 0.25) is 0 Å². The minimum atomic E-state index is -2.85. The summed E-state index contributed by atoms with van der Waals surface area (Å²) in [5, 5.41) is 10.6. The van der Waals surface area contributed by atoms with Gasteiger partial charge in [-0.25, -0.2) is 4.99 Å². The van der Waals surface area contributed by atoms with Crippen LogP contribution >= 0.6 is 0 Å². The first kappa shape index (κ1) is 19.7. The first-order valence-electron chi connectivity index (χ1n) is 8.62. The molecule has 0 radical (unpaired) electrons. The number of nitrogens with one attached hydrogen (secondary N) is 2. The van der Waals surface area contributed by atoms with Crippen LogP contribution in [0.2, 0.25) is 0 Å². The van der Waals surface area contributed by atoms with Crippen LogP contribution in [-0.2, 0) is 13.1 Å². The van der Waals surface area contributed by atoms with E-state index >= 15 is 0 Å². The Balaban J connectivity index is 1.87. The molecule has 1 aromatic carbocycles. The van der Waals surface area contributed by atoms with Crippen LogP contribution in [0.3, 0.4) is 0 Å². The topological polar surface area (TPSA) is 63.5 Å². The molecule has 142 valence electrons. The first-order chi connectivity index (χ1) is 12.6. The number of guanidine groups is 1. The molecule has 26 heavy (non-hydrogen) atoms. The zero-order chi connectivity index (χ0) is 18.8. The summed E-state index contributed by atoms with van der Waals surface area (Å²) in [4.78, 5) is 4.45. The smallest absolute Gasteiger partial charge is 0.387 e. The molecule has 0 aliphatic rings. The summed E-state index contributed by atoms with van der Waals surface area (Å²) in [6.07, 6.45) is 4.72. The molecule has 0 aliphatic heterocycles. The molecule has 0 spiro atoms. The van der Waals surface area contributed by atoms with Gasteiger partial charge in [-0.2, -0.15) is 13.9 Å². The molecule has 2 N–H and O–H groups in total. The van der Waals surface area contributed by atoms with E-state index in [1.807, 2.05) is 30.9 Å².